The molecule has 0 bridgehead atoms. The van der Waals surface area contributed by atoms with Crippen LogP contribution in [0.25, 0.3) is 0 Å². The zero-order valence-corrected chi connectivity index (χ0v) is 15.1. The Morgan fingerprint density at radius 2 is 1.71 bits per heavy atom. The van der Waals surface area contributed by atoms with E-state index >= 15 is 0 Å². The maximum atomic E-state index is 12.2. The SMILES string of the molecule is CCOC(=O)c1c(C)[nH]c(C(=O)OCC(=O)NC(C)C(C)C)c1C. The van der Waals surface area contributed by atoms with Crippen molar-refractivity contribution in [2.75, 3.05) is 13.2 Å². The normalized spacial score (nSPS) is 12.0. The summed E-state index contributed by atoms with van der Waals surface area (Å²) in [6.07, 6.45) is 0. The van der Waals surface area contributed by atoms with Gasteiger partial charge in [0.25, 0.3) is 5.91 Å². The molecule has 0 saturated heterocycles. The molecule has 0 saturated carbocycles. The summed E-state index contributed by atoms with van der Waals surface area (Å²) >= 11 is 0. The lowest BCUT2D eigenvalue weighted by atomic mass is 10.1. The molecule has 0 spiro atoms. The molecule has 134 valence electrons. The van der Waals surface area contributed by atoms with Crippen LogP contribution in [0.5, 0.6) is 0 Å². The molecule has 0 aliphatic carbocycles. The summed E-state index contributed by atoms with van der Waals surface area (Å²) in [6, 6.07) is -0.0129. The maximum Gasteiger partial charge on any atom is 0.355 e. The molecule has 1 unspecified atom stereocenters. The molecule has 1 aromatic heterocycles. The number of amides is 1. The van der Waals surface area contributed by atoms with Gasteiger partial charge in [0.15, 0.2) is 6.61 Å². The molecular weight excluding hydrogens is 312 g/mol. The van der Waals surface area contributed by atoms with Crippen LogP contribution in [0.3, 0.4) is 0 Å². The Hall–Kier alpha value is -2.31. The fourth-order valence-corrected chi connectivity index (χ4v) is 2.13. The molecule has 0 aliphatic heterocycles. The molecule has 1 aromatic rings. The summed E-state index contributed by atoms with van der Waals surface area (Å²) in [5, 5.41) is 2.75. The molecule has 0 aromatic carbocycles. The number of aromatic amines is 1. The van der Waals surface area contributed by atoms with Crippen molar-refractivity contribution in [2.45, 2.75) is 47.6 Å². The second-order valence-corrected chi connectivity index (χ2v) is 6.02. The number of aromatic nitrogens is 1. The molecule has 0 aliphatic rings. The molecule has 1 rings (SSSR count). The van der Waals surface area contributed by atoms with E-state index in [1.165, 1.54) is 0 Å². The predicted octanol–water partition coefficient (Wildman–Crippen LogP) is 2.13. The van der Waals surface area contributed by atoms with E-state index in [4.69, 9.17) is 9.47 Å². The van der Waals surface area contributed by atoms with Crippen LogP contribution in [-0.4, -0.2) is 42.1 Å². The Labute approximate surface area is 142 Å². The number of carbonyl (C=O) groups is 3. The van der Waals surface area contributed by atoms with Gasteiger partial charge in [0, 0.05) is 11.7 Å². The van der Waals surface area contributed by atoms with Gasteiger partial charge in [-0.1, -0.05) is 13.8 Å². The van der Waals surface area contributed by atoms with Crippen LogP contribution < -0.4 is 5.32 Å². The summed E-state index contributed by atoms with van der Waals surface area (Å²) in [6.45, 7) is 10.7. The van der Waals surface area contributed by atoms with Crippen LogP contribution in [0.1, 0.15) is 59.8 Å². The van der Waals surface area contributed by atoms with Gasteiger partial charge in [-0.25, -0.2) is 9.59 Å². The number of carbonyl (C=O) groups excluding carboxylic acids is 3. The van der Waals surface area contributed by atoms with Crippen molar-refractivity contribution in [1.82, 2.24) is 10.3 Å². The maximum absolute atomic E-state index is 12.2. The molecule has 1 heterocycles. The van der Waals surface area contributed by atoms with E-state index < -0.39 is 11.9 Å². The zero-order chi connectivity index (χ0) is 18.4. The fraction of sp³-hybridized carbons (Fsp3) is 0.588. The largest absolute Gasteiger partial charge is 0.462 e. The Morgan fingerprint density at radius 1 is 1.08 bits per heavy atom. The first-order valence-corrected chi connectivity index (χ1v) is 8.01. The van der Waals surface area contributed by atoms with E-state index in [1.807, 2.05) is 20.8 Å². The van der Waals surface area contributed by atoms with Crippen molar-refractivity contribution in [3.63, 3.8) is 0 Å². The standard InChI is InChI=1S/C17H26N2O5/c1-7-23-16(21)14-10(4)15(19-12(14)6)17(22)24-8-13(20)18-11(5)9(2)3/h9,11,19H,7-8H2,1-6H3,(H,18,20). The number of hydrogen-bond donors (Lipinski definition) is 2. The number of ether oxygens (including phenoxy) is 2. The quantitative estimate of drug-likeness (QED) is 0.742. The lowest BCUT2D eigenvalue weighted by Crippen LogP contribution is -2.38. The van der Waals surface area contributed by atoms with Crippen molar-refractivity contribution >= 4 is 17.8 Å². The topological polar surface area (TPSA) is 97.5 Å². The number of rotatable bonds is 7. The molecule has 7 nitrogen and oxygen atoms in total. The third kappa shape index (κ3) is 4.84. The number of hydrogen-bond acceptors (Lipinski definition) is 5. The van der Waals surface area contributed by atoms with Gasteiger partial charge < -0.3 is 19.8 Å². The van der Waals surface area contributed by atoms with E-state index in [0.29, 0.717) is 16.8 Å². The lowest BCUT2D eigenvalue weighted by Gasteiger charge is -2.17. The Kier molecular flexibility index (Phi) is 7.00. The van der Waals surface area contributed by atoms with Crippen LogP contribution in [0.15, 0.2) is 0 Å². The summed E-state index contributed by atoms with van der Waals surface area (Å²) < 4.78 is 10.00. The van der Waals surface area contributed by atoms with Gasteiger partial charge in [0.2, 0.25) is 0 Å². The van der Waals surface area contributed by atoms with Crippen LogP contribution >= 0.6 is 0 Å². The molecule has 7 heteroatoms. The van der Waals surface area contributed by atoms with E-state index in [1.54, 1.807) is 20.8 Å². The highest BCUT2D eigenvalue weighted by atomic mass is 16.5. The van der Waals surface area contributed by atoms with Crippen molar-refractivity contribution in [3.8, 4) is 0 Å². The number of esters is 2. The van der Waals surface area contributed by atoms with Crippen molar-refractivity contribution in [2.24, 2.45) is 5.92 Å². The highest BCUT2D eigenvalue weighted by molar-refractivity contribution is 5.99. The minimum absolute atomic E-state index is 0.0129. The van der Waals surface area contributed by atoms with Crippen LogP contribution in [-0.2, 0) is 14.3 Å². The van der Waals surface area contributed by atoms with Gasteiger partial charge in [-0.15, -0.1) is 0 Å². The van der Waals surface area contributed by atoms with Crippen molar-refractivity contribution in [3.05, 3.63) is 22.5 Å². The highest BCUT2D eigenvalue weighted by Crippen LogP contribution is 2.19. The van der Waals surface area contributed by atoms with Crippen molar-refractivity contribution < 1.29 is 23.9 Å². The number of H-pyrrole nitrogens is 1. The third-order valence-electron chi connectivity index (χ3n) is 3.84. The molecule has 1 atom stereocenters. The van der Waals surface area contributed by atoms with Crippen LogP contribution in [0, 0.1) is 19.8 Å². The second kappa shape index (κ2) is 8.52. The second-order valence-electron chi connectivity index (χ2n) is 6.02. The highest BCUT2D eigenvalue weighted by Gasteiger charge is 2.24. The smallest absolute Gasteiger partial charge is 0.355 e. The summed E-state index contributed by atoms with van der Waals surface area (Å²) in [7, 11) is 0. The average Bonchev–Trinajstić information content (AvgIpc) is 2.79. The molecule has 1 amide bonds. The van der Waals surface area contributed by atoms with Crippen LogP contribution in [0.2, 0.25) is 0 Å². The summed E-state index contributed by atoms with van der Waals surface area (Å²) in [5.74, 6) is -1.26. The predicted molar refractivity (Wildman–Crippen MR) is 88.9 cm³/mol. The first-order chi connectivity index (χ1) is 11.2. The lowest BCUT2D eigenvalue weighted by molar-refractivity contribution is -0.125. The van der Waals surface area contributed by atoms with Gasteiger partial charge in [-0.05, 0) is 39.2 Å². The van der Waals surface area contributed by atoms with Gasteiger partial charge in [-0.3, -0.25) is 4.79 Å². The summed E-state index contributed by atoms with van der Waals surface area (Å²) in [5.41, 5.74) is 1.45. The van der Waals surface area contributed by atoms with Gasteiger partial charge >= 0.3 is 11.9 Å². The van der Waals surface area contributed by atoms with Crippen LogP contribution in [0.4, 0.5) is 0 Å². The zero-order valence-electron chi connectivity index (χ0n) is 15.1. The van der Waals surface area contributed by atoms with Gasteiger partial charge in [0.05, 0.1) is 12.2 Å². The monoisotopic (exact) mass is 338 g/mol. The number of nitrogens with one attached hydrogen (secondary N) is 2. The molecule has 0 fully saturated rings. The third-order valence-corrected chi connectivity index (χ3v) is 3.84. The number of aryl methyl sites for hydroxylation is 1. The Bertz CT molecular complexity index is 619. The molecule has 2 N–H and O–H groups in total. The average molecular weight is 338 g/mol. The molecule has 24 heavy (non-hydrogen) atoms. The first-order valence-electron chi connectivity index (χ1n) is 8.01. The minimum atomic E-state index is -0.682. The van der Waals surface area contributed by atoms with E-state index in [-0.39, 0.29) is 36.8 Å². The molecular formula is C17H26N2O5. The summed E-state index contributed by atoms with van der Waals surface area (Å²) in [4.78, 5) is 38.7. The van der Waals surface area contributed by atoms with Gasteiger partial charge in [-0.2, -0.15) is 0 Å². The molecule has 0 radical (unpaired) electrons. The fourth-order valence-electron chi connectivity index (χ4n) is 2.13. The van der Waals surface area contributed by atoms with E-state index in [9.17, 15) is 14.4 Å². The van der Waals surface area contributed by atoms with Crippen molar-refractivity contribution in [1.29, 1.82) is 0 Å². The minimum Gasteiger partial charge on any atom is -0.462 e. The first kappa shape index (κ1) is 19.7. The Morgan fingerprint density at radius 3 is 2.25 bits per heavy atom. The van der Waals surface area contributed by atoms with E-state index in [0.717, 1.165) is 0 Å². The van der Waals surface area contributed by atoms with E-state index in [2.05, 4.69) is 10.3 Å². The Balaban J connectivity index is 2.74. The van der Waals surface area contributed by atoms with Gasteiger partial charge in [0.1, 0.15) is 5.69 Å².